The standard InChI is InChI=1S/C17H24ClN3/c1-12(2)19-10-6-9-17-13(3)20-21(14(17)4)16-8-5-7-15(18)11-16/h5,7-8,11-12,19H,6,9-10H2,1-4H3. The Bertz CT molecular complexity index is 602. The highest BCUT2D eigenvalue weighted by Crippen LogP contribution is 2.21. The van der Waals surface area contributed by atoms with Crippen LogP contribution in [0.15, 0.2) is 24.3 Å². The van der Waals surface area contributed by atoms with Crippen LogP contribution < -0.4 is 5.32 Å². The number of aromatic nitrogens is 2. The summed E-state index contributed by atoms with van der Waals surface area (Å²) in [6.07, 6.45) is 2.18. The van der Waals surface area contributed by atoms with E-state index in [4.69, 9.17) is 11.6 Å². The van der Waals surface area contributed by atoms with E-state index < -0.39 is 0 Å². The van der Waals surface area contributed by atoms with Crippen LogP contribution in [0.25, 0.3) is 5.69 Å². The lowest BCUT2D eigenvalue weighted by Crippen LogP contribution is -2.24. The van der Waals surface area contributed by atoms with Crippen molar-refractivity contribution in [1.29, 1.82) is 0 Å². The Labute approximate surface area is 132 Å². The summed E-state index contributed by atoms with van der Waals surface area (Å²) >= 11 is 6.08. The molecule has 0 unspecified atom stereocenters. The quantitative estimate of drug-likeness (QED) is 0.815. The summed E-state index contributed by atoms with van der Waals surface area (Å²) in [6, 6.07) is 8.37. The summed E-state index contributed by atoms with van der Waals surface area (Å²) < 4.78 is 1.99. The van der Waals surface area contributed by atoms with Crippen molar-refractivity contribution < 1.29 is 0 Å². The third-order valence-electron chi connectivity index (χ3n) is 3.65. The predicted octanol–water partition coefficient (Wildman–Crippen LogP) is 4.07. The second kappa shape index (κ2) is 7.10. The van der Waals surface area contributed by atoms with Crippen LogP contribution in [0.1, 0.15) is 37.2 Å². The molecule has 0 aliphatic carbocycles. The second-order valence-electron chi connectivity index (χ2n) is 5.75. The van der Waals surface area contributed by atoms with E-state index in [9.17, 15) is 0 Å². The molecule has 0 amide bonds. The Morgan fingerprint density at radius 1 is 1.29 bits per heavy atom. The van der Waals surface area contributed by atoms with Crippen molar-refractivity contribution in [3.63, 3.8) is 0 Å². The topological polar surface area (TPSA) is 29.9 Å². The maximum atomic E-state index is 6.08. The molecule has 0 atom stereocenters. The van der Waals surface area contributed by atoms with E-state index in [1.807, 2.05) is 28.9 Å². The van der Waals surface area contributed by atoms with Gasteiger partial charge in [0.1, 0.15) is 0 Å². The molecule has 114 valence electrons. The number of benzene rings is 1. The lowest BCUT2D eigenvalue weighted by Gasteiger charge is -2.08. The van der Waals surface area contributed by atoms with Crippen LogP contribution in [0.5, 0.6) is 0 Å². The molecule has 0 bridgehead atoms. The van der Waals surface area contributed by atoms with Crippen molar-refractivity contribution in [3.05, 3.63) is 46.2 Å². The van der Waals surface area contributed by atoms with E-state index in [-0.39, 0.29) is 0 Å². The molecule has 3 nitrogen and oxygen atoms in total. The minimum absolute atomic E-state index is 0.543. The van der Waals surface area contributed by atoms with E-state index in [0.717, 1.165) is 35.8 Å². The fraction of sp³-hybridized carbons (Fsp3) is 0.471. The first-order chi connectivity index (χ1) is 9.99. The highest BCUT2D eigenvalue weighted by atomic mass is 35.5. The van der Waals surface area contributed by atoms with E-state index in [0.29, 0.717) is 6.04 Å². The molecule has 1 N–H and O–H groups in total. The van der Waals surface area contributed by atoms with Gasteiger partial charge in [-0.1, -0.05) is 31.5 Å². The third kappa shape index (κ3) is 4.08. The number of hydrogen-bond donors (Lipinski definition) is 1. The predicted molar refractivity (Wildman–Crippen MR) is 89.5 cm³/mol. The highest BCUT2D eigenvalue weighted by molar-refractivity contribution is 6.30. The summed E-state index contributed by atoms with van der Waals surface area (Å²) in [6.45, 7) is 9.60. The molecule has 1 aromatic heterocycles. The first kappa shape index (κ1) is 16.1. The summed E-state index contributed by atoms with van der Waals surface area (Å²) in [5.41, 5.74) is 4.69. The Hall–Kier alpha value is -1.32. The van der Waals surface area contributed by atoms with Gasteiger partial charge in [-0.25, -0.2) is 4.68 Å². The van der Waals surface area contributed by atoms with Gasteiger partial charge in [0.05, 0.1) is 11.4 Å². The maximum Gasteiger partial charge on any atom is 0.0663 e. The fourth-order valence-electron chi connectivity index (χ4n) is 2.55. The smallest absolute Gasteiger partial charge is 0.0663 e. The van der Waals surface area contributed by atoms with Gasteiger partial charge >= 0.3 is 0 Å². The summed E-state index contributed by atoms with van der Waals surface area (Å²) in [5, 5.41) is 8.87. The SMILES string of the molecule is Cc1nn(-c2cccc(Cl)c2)c(C)c1CCCNC(C)C. The average Bonchev–Trinajstić information content (AvgIpc) is 2.70. The average molecular weight is 306 g/mol. The zero-order valence-electron chi connectivity index (χ0n) is 13.3. The minimum atomic E-state index is 0.543. The molecule has 0 aliphatic heterocycles. The number of nitrogens with one attached hydrogen (secondary N) is 1. The minimum Gasteiger partial charge on any atom is -0.315 e. The fourth-order valence-corrected chi connectivity index (χ4v) is 2.74. The Balaban J connectivity index is 2.14. The molecule has 4 heteroatoms. The van der Waals surface area contributed by atoms with Gasteiger partial charge in [-0.3, -0.25) is 0 Å². The maximum absolute atomic E-state index is 6.08. The zero-order chi connectivity index (χ0) is 15.4. The molecular formula is C17H24ClN3. The van der Waals surface area contributed by atoms with Crippen molar-refractivity contribution in [2.24, 2.45) is 0 Å². The van der Waals surface area contributed by atoms with Gasteiger partial charge in [0.2, 0.25) is 0 Å². The normalized spacial score (nSPS) is 11.3. The largest absolute Gasteiger partial charge is 0.315 e. The number of halogens is 1. The van der Waals surface area contributed by atoms with Gasteiger partial charge in [-0.05, 0) is 57.0 Å². The van der Waals surface area contributed by atoms with E-state index >= 15 is 0 Å². The van der Waals surface area contributed by atoms with Crippen LogP contribution in [-0.2, 0) is 6.42 Å². The molecule has 1 aromatic carbocycles. The molecule has 21 heavy (non-hydrogen) atoms. The van der Waals surface area contributed by atoms with Crippen molar-refractivity contribution in [2.75, 3.05) is 6.54 Å². The third-order valence-corrected chi connectivity index (χ3v) is 3.89. The number of nitrogens with zero attached hydrogens (tertiary/aromatic N) is 2. The van der Waals surface area contributed by atoms with Gasteiger partial charge in [-0.15, -0.1) is 0 Å². The van der Waals surface area contributed by atoms with E-state index in [2.05, 4.69) is 38.1 Å². The molecule has 0 saturated heterocycles. The molecule has 2 rings (SSSR count). The lowest BCUT2D eigenvalue weighted by atomic mass is 10.1. The van der Waals surface area contributed by atoms with Crippen molar-refractivity contribution in [3.8, 4) is 5.69 Å². The summed E-state index contributed by atoms with van der Waals surface area (Å²) in [4.78, 5) is 0. The Kier molecular flexibility index (Phi) is 5.43. The highest BCUT2D eigenvalue weighted by Gasteiger charge is 2.12. The van der Waals surface area contributed by atoms with Gasteiger partial charge in [0.15, 0.2) is 0 Å². The van der Waals surface area contributed by atoms with Crippen LogP contribution in [0.4, 0.5) is 0 Å². The van der Waals surface area contributed by atoms with Gasteiger partial charge in [0, 0.05) is 16.8 Å². The second-order valence-corrected chi connectivity index (χ2v) is 6.19. The van der Waals surface area contributed by atoms with Crippen molar-refractivity contribution in [2.45, 2.75) is 46.6 Å². The van der Waals surface area contributed by atoms with Crippen LogP contribution >= 0.6 is 11.6 Å². The summed E-state index contributed by atoms with van der Waals surface area (Å²) in [5.74, 6) is 0. The van der Waals surface area contributed by atoms with Crippen LogP contribution in [-0.4, -0.2) is 22.4 Å². The Morgan fingerprint density at radius 3 is 2.71 bits per heavy atom. The molecule has 0 radical (unpaired) electrons. The summed E-state index contributed by atoms with van der Waals surface area (Å²) in [7, 11) is 0. The van der Waals surface area contributed by atoms with Gasteiger partial charge in [0.25, 0.3) is 0 Å². The van der Waals surface area contributed by atoms with E-state index in [1.54, 1.807) is 0 Å². The molecule has 1 heterocycles. The van der Waals surface area contributed by atoms with Crippen LogP contribution in [0, 0.1) is 13.8 Å². The number of rotatable bonds is 6. The number of aryl methyl sites for hydroxylation is 1. The monoisotopic (exact) mass is 305 g/mol. The molecule has 0 fully saturated rings. The number of hydrogen-bond acceptors (Lipinski definition) is 2. The van der Waals surface area contributed by atoms with Gasteiger partial charge < -0.3 is 5.32 Å². The molecule has 0 aliphatic rings. The van der Waals surface area contributed by atoms with Crippen LogP contribution in [0.2, 0.25) is 5.02 Å². The Morgan fingerprint density at radius 2 is 2.05 bits per heavy atom. The van der Waals surface area contributed by atoms with Crippen LogP contribution in [0.3, 0.4) is 0 Å². The molecule has 2 aromatic rings. The zero-order valence-corrected chi connectivity index (χ0v) is 14.0. The lowest BCUT2D eigenvalue weighted by molar-refractivity contribution is 0.570. The molecular weight excluding hydrogens is 282 g/mol. The molecule has 0 saturated carbocycles. The van der Waals surface area contributed by atoms with Gasteiger partial charge in [-0.2, -0.15) is 5.10 Å². The van der Waals surface area contributed by atoms with Crippen molar-refractivity contribution in [1.82, 2.24) is 15.1 Å². The first-order valence-electron chi connectivity index (χ1n) is 7.53. The van der Waals surface area contributed by atoms with E-state index in [1.165, 1.54) is 11.3 Å². The van der Waals surface area contributed by atoms with Crippen molar-refractivity contribution >= 4 is 11.6 Å². The first-order valence-corrected chi connectivity index (χ1v) is 7.91. The molecule has 0 spiro atoms.